The van der Waals surface area contributed by atoms with E-state index in [1.165, 1.54) is 12.1 Å². The number of halogens is 1. The Morgan fingerprint density at radius 3 is 2.63 bits per heavy atom. The lowest BCUT2D eigenvalue weighted by molar-refractivity contribution is 0.524. The van der Waals surface area contributed by atoms with Crippen molar-refractivity contribution in [1.82, 2.24) is 19.3 Å². The highest BCUT2D eigenvalue weighted by Crippen LogP contribution is 2.56. The van der Waals surface area contributed by atoms with Gasteiger partial charge in [0.15, 0.2) is 5.65 Å². The van der Waals surface area contributed by atoms with Gasteiger partial charge in [-0.15, -0.1) is 11.6 Å². The first-order chi connectivity index (χ1) is 8.99. The largest absolute Gasteiger partial charge is 0.309 e. The maximum atomic E-state index is 5.94. The van der Waals surface area contributed by atoms with Crippen molar-refractivity contribution in [2.24, 2.45) is 5.41 Å². The fourth-order valence-electron chi connectivity index (χ4n) is 2.92. The topological polar surface area (TPSA) is 35.6 Å². The molecule has 1 aliphatic carbocycles. The minimum Gasteiger partial charge on any atom is -0.309 e. The lowest BCUT2D eigenvalue weighted by Crippen LogP contribution is -2.10. The third-order valence-corrected chi connectivity index (χ3v) is 4.40. The second-order valence-electron chi connectivity index (χ2n) is 6.12. The van der Waals surface area contributed by atoms with Crippen LogP contribution >= 0.6 is 11.6 Å². The molecule has 0 aliphatic heterocycles. The molecule has 1 atom stereocenters. The van der Waals surface area contributed by atoms with Crippen molar-refractivity contribution in [2.45, 2.75) is 53.1 Å². The zero-order valence-electron chi connectivity index (χ0n) is 12.1. The summed E-state index contributed by atoms with van der Waals surface area (Å²) in [5.41, 5.74) is 3.61. The van der Waals surface area contributed by atoms with Gasteiger partial charge in [0.2, 0.25) is 0 Å². The molecule has 0 bridgehead atoms. The van der Waals surface area contributed by atoms with E-state index < -0.39 is 0 Å². The summed E-state index contributed by atoms with van der Waals surface area (Å²) in [5, 5.41) is 4.59. The Hall–Kier alpha value is -1.03. The predicted octanol–water partition coefficient (Wildman–Crippen LogP) is 3.31. The number of alkyl halides is 1. The van der Waals surface area contributed by atoms with E-state index in [9.17, 15) is 0 Å². The summed E-state index contributed by atoms with van der Waals surface area (Å²) < 4.78 is 4.46. The lowest BCUT2D eigenvalue weighted by Gasteiger charge is -2.11. The molecule has 0 radical (unpaired) electrons. The molecule has 0 aromatic carbocycles. The molecule has 3 rings (SSSR count). The van der Waals surface area contributed by atoms with Crippen LogP contribution in [0.4, 0.5) is 0 Å². The first-order valence-corrected chi connectivity index (χ1v) is 7.53. The van der Waals surface area contributed by atoms with Crippen molar-refractivity contribution < 1.29 is 0 Å². The van der Waals surface area contributed by atoms with Crippen molar-refractivity contribution in [3.63, 3.8) is 0 Å². The van der Waals surface area contributed by atoms with Gasteiger partial charge in [0.1, 0.15) is 11.3 Å². The van der Waals surface area contributed by atoms with Crippen LogP contribution in [0.1, 0.15) is 44.8 Å². The molecule has 0 spiro atoms. The van der Waals surface area contributed by atoms with Crippen LogP contribution in [-0.4, -0.2) is 25.2 Å². The number of imidazole rings is 1. The minimum absolute atomic E-state index is 0.367. The van der Waals surface area contributed by atoms with Crippen LogP contribution in [0.5, 0.6) is 0 Å². The number of aryl methyl sites for hydroxylation is 3. The Morgan fingerprint density at radius 2 is 2.11 bits per heavy atom. The monoisotopic (exact) mass is 280 g/mol. The smallest absolute Gasteiger partial charge is 0.159 e. The summed E-state index contributed by atoms with van der Waals surface area (Å²) in [6.07, 6.45) is 2.04. The van der Waals surface area contributed by atoms with Gasteiger partial charge in [0.25, 0.3) is 0 Å². The van der Waals surface area contributed by atoms with Gasteiger partial charge in [-0.3, -0.25) is 0 Å². The Balaban J connectivity index is 2.22. The fourth-order valence-corrected chi connectivity index (χ4v) is 3.09. The highest BCUT2D eigenvalue weighted by Gasteiger charge is 2.49. The van der Waals surface area contributed by atoms with Gasteiger partial charge >= 0.3 is 0 Å². The minimum atomic E-state index is 0.367. The Kier molecular flexibility index (Phi) is 2.89. The zero-order valence-corrected chi connectivity index (χ0v) is 12.8. The highest BCUT2D eigenvalue weighted by atomic mass is 35.5. The molecule has 5 heteroatoms. The van der Waals surface area contributed by atoms with Crippen molar-refractivity contribution >= 4 is 22.8 Å². The molecule has 0 amide bonds. The Bertz CT molecular complexity index is 623. The van der Waals surface area contributed by atoms with E-state index >= 15 is 0 Å². The van der Waals surface area contributed by atoms with E-state index in [2.05, 4.69) is 35.1 Å². The van der Waals surface area contributed by atoms with Crippen LogP contribution in [0, 0.1) is 12.3 Å². The van der Waals surface area contributed by atoms with Crippen LogP contribution in [-0.2, 0) is 13.0 Å². The van der Waals surface area contributed by atoms with E-state index in [0.29, 0.717) is 17.3 Å². The summed E-state index contributed by atoms with van der Waals surface area (Å²) in [5.74, 6) is 1.73. The van der Waals surface area contributed by atoms with Crippen molar-refractivity contribution in [1.29, 1.82) is 0 Å². The maximum absolute atomic E-state index is 5.94. The van der Waals surface area contributed by atoms with E-state index in [1.54, 1.807) is 0 Å². The van der Waals surface area contributed by atoms with Gasteiger partial charge in [-0.25, -0.2) is 9.67 Å². The second kappa shape index (κ2) is 4.23. The van der Waals surface area contributed by atoms with E-state index in [4.69, 9.17) is 16.6 Å². The first kappa shape index (κ1) is 13.0. The summed E-state index contributed by atoms with van der Waals surface area (Å²) in [4.78, 5) is 4.79. The van der Waals surface area contributed by atoms with E-state index in [1.807, 2.05) is 6.92 Å². The van der Waals surface area contributed by atoms with Crippen LogP contribution in [0.3, 0.4) is 0 Å². The molecule has 2 heterocycles. The number of hydrogen-bond acceptors (Lipinski definition) is 2. The molecule has 4 nitrogen and oxygen atoms in total. The van der Waals surface area contributed by atoms with Crippen LogP contribution in [0.15, 0.2) is 0 Å². The molecular weight excluding hydrogens is 260 g/mol. The van der Waals surface area contributed by atoms with Gasteiger partial charge in [0, 0.05) is 24.9 Å². The molecule has 1 aliphatic rings. The van der Waals surface area contributed by atoms with Crippen LogP contribution in [0.2, 0.25) is 0 Å². The molecule has 0 saturated heterocycles. The Morgan fingerprint density at radius 1 is 1.42 bits per heavy atom. The molecule has 1 saturated carbocycles. The van der Waals surface area contributed by atoms with Crippen LogP contribution in [0.25, 0.3) is 11.2 Å². The molecular formula is C14H21ClN4. The van der Waals surface area contributed by atoms with Crippen molar-refractivity contribution in [3.8, 4) is 0 Å². The summed E-state index contributed by atoms with van der Waals surface area (Å²) in [7, 11) is 0. The highest BCUT2D eigenvalue weighted by molar-refractivity contribution is 6.17. The van der Waals surface area contributed by atoms with Gasteiger partial charge in [0.05, 0.1) is 5.69 Å². The molecule has 104 valence electrons. The Labute approximate surface area is 118 Å². The molecule has 1 unspecified atom stereocenters. The van der Waals surface area contributed by atoms with Gasteiger partial charge in [-0.1, -0.05) is 13.8 Å². The van der Waals surface area contributed by atoms with E-state index in [0.717, 1.165) is 30.0 Å². The average Bonchev–Trinajstić information content (AvgIpc) is 2.72. The third kappa shape index (κ3) is 1.88. The normalized spacial score (nSPS) is 21.2. The summed E-state index contributed by atoms with van der Waals surface area (Å²) in [6.45, 7) is 9.67. The van der Waals surface area contributed by atoms with Gasteiger partial charge < -0.3 is 4.57 Å². The third-order valence-electron chi connectivity index (χ3n) is 4.21. The van der Waals surface area contributed by atoms with Crippen LogP contribution < -0.4 is 0 Å². The number of fused-ring (bicyclic) bond motifs is 1. The standard InChI is InChI=1S/C14H21ClN4/c1-5-18-13-12(9(2)17-18)16-11(6-7-15)19(13)10-8-14(10,3)4/h10H,5-8H2,1-4H3. The lowest BCUT2D eigenvalue weighted by atomic mass is 10.2. The molecule has 19 heavy (non-hydrogen) atoms. The SMILES string of the molecule is CCn1nc(C)c2nc(CCCl)n(C3CC3(C)C)c21. The zero-order chi connectivity index (χ0) is 13.8. The van der Waals surface area contributed by atoms with Gasteiger partial charge in [-0.05, 0) is 25.7 Å². The summed E-state index contributed by atoms with van der Waals surface area (Å²) in [6, 6.07) is 0.539. The summed E-state index contributed by atoms with van der Waals surface area (Å²) >= 11 is 5.94. The molecule has 2 aromatic rings. The maximum Gasteiger partial charge on any atom is 0.159 e. The number of hydrogen-bond donors (Lipinski definition) is 0. The van der Waals surface area contributed by atoms with Gasteiger partial charge in [-0.2, -0.15) is 5.10 Å². The quantitative estimate of drug-likeness (QED) is 0.806. The molecule has 1 fully saturated rings. The number of nitrogens with zero attached hydrogens (tertiary/aromatic N) is 4. The fraction of sp³-hybridized carbons (Fsp3) is 0.714. The number of aromatic nitrogens is 4. The predicted molar refractivity (Wildman–Crippen MR) is 77.8 cm³/mol. The van der Waals surface area contributed by atoms with E-state index in [-0.39, 0.29) is 0 Å². The molecule has 2 aromatic heterocycles. The average molecular weight is 281 g/mol. The number of rotatable bonds is 4. The first-order valence-electron chi connectivity index (χ1n) is 6.99. The van der Waals surface area contributed by atoms with Crippen molar-refractivity contribution in [2.75, 3.05) is 5.88 Å². The molecule has 0 N–H and O–H groups in total. The van der Waals surface area contributed by atoms with Crippen molar-refractivity contribution in [3.05, 3.63) is 11.5 Å². The second-order valence-corrected chi connectivity index (χ2v) is 6.50.